The molecule has 8 heteroatoms. The first-order valence-electron chi connectivity index (χ1n) is 9.81. The van der Waals surface area contributed by atoms with Gasteiger partial charge in [-0.15, -0.1) is 0 Å². The first kappa shape index (κ1) is 20.9. The molecule has 0 fully saturated rings. The molecule has 0 bridgehead atoms. The molecule has 0 aromatic heterocycles. The minimum Gasteiger partial charge on any atom is -0.506 e. The van der Waals surface area contributed by atoms with Crippen molar-refractivity contribution in [3.05, 3.63) is 64.3 Å². The largest absolute Gasteiger partial charge is 0.506 e. The molecule has 0 amide bonds. The Morgan fingerprint density at radius 3 is 2.65 bits per heavy atom. The number of nitrogens with zero attached hydrogens (tertiary/aromatic N) is 1. The van der Waals surface area contributed by atoms with Crippen LogP contribution >= 0.6 is 11.8 Å². The molecule has 31 heavy (non-hydrogen) atoms. The second-order valence-electron chi connectivity index (χ2n) is 6.51. The van der Waals surface area contributed by atoms with Crippen LogP contribution in [0.3, 0.4) is 0 Å². The molecular formula is C23H21NO6S. The smallest absolute Gasteiger partial charge is 0.344 e. The third kappa shape index (κ3) is 4.54. The number of hydrogen-bond acceptors (Lipinski definition) is 8. The maximum Gasteiger partial charge on any atom is 0.344 e. The quantitative estimate of drug-likeness (QED) is 0.633. The molecule has 2 aliphatic rings. The van der Waals surface area contributed by atoms with Gasteiger partial charge in [-0.25, -0.2) is 9.79 Å². The van der Waals surface area contributed by atoms with Gasteiger partial charge in [0, 0.05) is 0 Å². The molecule has 1 N–H and O–H groups in total. The monoisotopic (exact) mass is 439 g/mol. The van der Waals surface area contributed by atoms with Crippen molar-refractivity contribution in [3.8, 4) is 17.2 Å². The molecule has 2 aromatic rings. The number of rotatable bonds is 6. The maximum absolute atomic E-state index is 12.5. The Kier molecular flexibility index (Phi) is 6.18. The van der Waals surface area contributed by atoms with Crippen LogP contribution in [0.15, 0.2) is 63.7 Å². The minimum absolute atomic E-state index is 0.0488. The summed E-state index contributed by atoms with van der Waals surface area (Å²) in [5, 5.41) is 11.2. The normalized spacial score (nSPS) is 17.5. The summed E-state index contributed by atoms with van der Waals surface area (Å²) in [6.45, 7) is 4.57. The van der Waals surface area contributed by atoms with Gasteiger partial charge >= 0.3 is 5.97 Å². The van der Waals surface area contributed by atoms with Crippen molar-refractivity contribution in [2.24, 2.45) is 4.99 Å². The maximum atomic E-state index is 12.5. The van der Waals surface area contributed by atoms with Crippen molar-refractivity contribution in [1.29, 1.82) is 0 Å². The molecule has 0 spiro atoms. The summed E-state index contributed by atoms with van der Waals surface area (Å²) in [6.07, 6.45) is 1.77. The molecule has 160 valence electrons. The van der Waals surface area contributed by atoms with Gasteiger partial charge in [-0.1, -0.05) is 17.8 Å². The molecular weight excluding hydrogens is 418 g/mol. The molecule has 2 aromatic carbocycles. The number of carbonyl (C=O) groups excluding carboxylic acids is 1. The average Bonchev–Trinajstić information content (AvgIpc) is 3.34. The summed E-state index contributed by atoms with van der Waals surface area (Å²) >= 11 is 1.20. The second-order valence-corrected chi connectivity index (χ2v) is 7.54. The van der Waals surface area contributed by atoms with Crippen LogP contribution in [-0.4, -0.2) is 36.1 Å². The first-order valence-corrected chi connectivity index (χ1v) is 10.6. The first-order chi connectivity index (χ1) is 15.1. The molecule has 2 heterocycles. The third-order valence-electron chi connectivity index (χ3n) is 4.44. The lowest BCUT2D eigenvalue weighted by Gasteiger charge is -2.05. The van der Waals surface area contributed by atoms with Gasteiger partial charge in [0.1, 0.15) is 22.1 Å². The molecule has 0 saturated heterocycles. The number of benzene rings is 2. The van der Waals surface area contributed by atoms with Crippen LogP contribution in [0.5, 0.6) is 17.2 Å². The van der Waals surface area contributed by atoms with Crippen LogP contribution in [0, 0.1) is 0 Å². The molecule has 7 nitrogen and oxygen atoms in total. The van der Waals surface area contributed by atoms with E-state index in [0.29, 0.717) is 33.7 Å². The minimum atomic E-state index is -0.619. The number of esters is 1. The van der Waals surface area contributed by atoms with Crippen LogP contribution < -0.4 is 14.2 Å². The van der Waals surface area contributed by atoms with Gasteiger partial charge in [0.25, 0.3) is 0 Å². The van der Waals surface area contributed by atoms with E-state index in [2.05, 4.69) is 4.99 Å². The van der Waals surface area contributed by atoms with Crippen molar-refractivity contribution in [3.63, 3.8) is 0 Å². The molecule has 0 radical (unpaired) electrons. The Labute approximate surface area is 184 Å². The molecule has 0 atom stereocenters. The SMILES string of the molecule is CCOC(=O)C1=C(O)C(=Cc2ccc3c(c2)OCO3)SC1=Nc1ccc(OCC)cc1. The summed E-state index contributed by atoms with van der Waals surface area (Å²) in [5.41, 5.74) is 1.47. The Morgan fingerprint density at radius 1 is 1.13 bits per heavy atom. The van der Waals surface area contributed by atoms with Crippen LogP contribution in [0.2, 0.25) is 0 Å². The van der Waals surface area contributed by atoms with Crippen molar-refractivity contribution < 1.29 is 28.8 Å². The molecule has 0 saturated carbocycles. The summed E-state index contributed by atoms with van der Waals surface area (Å²) in [4.78, 5) is 17.6. The zero-order valence-corrected chi connectivity index (χ0v) is 17.9. The molecule has 0 aliphatic carbocycles. The van der Waals surface area contributed by atoms with Gasteiger partial charge in [0.15, 0.2) is 11.5 Å². The van der Waals surface area contributed by atoms with Gasteiger partial charge in [-0.05, 0) is 61.9 Å². The fourth-order valence-corrected chi connectivity index (χ4v) is 4.08. The topological polar surface area (TPSA) is 86.6 Å². The van der Waals surface area contributed by atoms with Crippen molar-refractivity contribution in [2.45, 2.75) is 13.8 Å². The number of thioether (sulfide) groups is 1. The highest BCUT2D eigenvalue weighted by atomic mass is 32.2. The van der Waals surface area contributed by atoms with E-state index in [9.17, 15) is 9.90 Å². The number of carbonyl (C=O) groups is 1. The molecule has 2 aliphatic heterocycles. The average molecular weight is 439 g/mol. The van der Waals surface area contributed by atoms with Gasteiger partial charge in [0.05, 0.1) is 23.8 Å². The third-order valence-corrected chi connectivity index (χ3v) is 5.46. The second kappa shape index (κ2) is 9.18. The van der Waals surface area contributed by atoms with E-state index in [1.807, 2.05) is 19.1 Å². The lowest BCUT2D eigenvalue weighted by atomic mass is 10.1. The van der Waals surface area contributed by atoms with E-state index in [4.69, 9.17) is 18.9 Å². The summed E-state index contributed by atoms with van der Waals surface area (Å²) in [5.74, 6) is 1.26. The van der Waals surface area contributed by atoms with E-state index in [1.54, 1.807) is 43.3 Å². The van der Waals surface area contributed by atoms with E-state index < -0.39 is 5.97 Å². The molecule has 4 rings (SSSR count). The highest BCUT2D eigenvalue weighted by Crippen LogP contribution is 2.41. The van der Waals surface area contributed by atoms with Gasteiger partial charge in [0.2, 0.25) is 6.79 Å². The van der Waals surface area contributed by atoms with E-state index in [-0.39, 0.29) is 24.7 Å². The van der Waals surface area contributed by atoms with E-state index in [1.165, 1.54) is 11.8 Å². The Bertz CT molecular complexity index is 1090. The van der Waals surface area contributed by atoms with Crippen molar-refractivity contribution in [2.75, 3.05) is 20.0 Å². The number of ether oxygens (including phenoxy) is 4. The number of hydrogen-bond donors (Lipinski definition) is 1. The number of aliphatic hydroxyl groups excluding tert-OH is 1. The van der Waals surface area contributed by atoms with Crippen LogP contribution in [-0.2, 0) is 9.53 Å². The predicted molar refractivity (Wildman–Crippen MR) is 119 cm³/mol. The van der Waals surface area contributed by atoms with E-state index in [0.717, 1.165) is 11.3 Å². The zero-order chi connectivity index (χ0) is 21.8. The van der Waals surface area contributed by atoms with Crippen molar-refractivity contribution >= 4 is 34.5 Å². The number of aliphatic imine (C=N–C) groups is 1. The van der Waals surface area contributed by atoms with Crippen LogP contribution in [0.4, 0.5) is 5.69 Å². The predicted octanol–water partition coefficient (Wildman–Crippen LogP) is 5.01. The Balaban J connectivity index is 1.68. The highest BCUT2D eigenvalue weighted by molar-refractivity contribution is 8.18. The summed E-state index contributed by atoms with van der Waals surface area (Å²) in [6, 6.07) is 12.7. The van der Waals surface area contributed by atoms with Gasteiger partial charge < -0.3 is 24.1 Å². The van der Waals surface area contributed by atoms with Gasteiger partial charge in [-0.3, -0.25) is 0 Å². The molecule has 0 unspecified atom stereocenters. The van der Waals surface area contributed by atoms with Crippen LogP contribution in [0.25, 0.3) is 6.08 Å². The fourth-order valence-electron chi connectivity index (χ4n) is 3.05. The number of fused-ring (bicyclic) bond motifs is 1. The Morgan fingerprint density at radius 2 is 1.90 bits per heavy atom. The number of aliphatic hydroxyl groups is 1. The highest BCUT2D eigenvalue weighted by Gasteiger charge is 2.33. The zero-order valence-electron chi connectivity index (χ0n) is 17.1. The standard InChI is InChI=1S/C23H21NO6S/c1-3-27-16-8-6-15(7-9-16)24-22-20(23(26)28-4-2)21(25)19(31-22)12-14-5-10-17-18(11-14)30-13-29-17/h5-12,25H,3-4,13H2,1-2H3. The fraction of sp³-hybridized carbons (Fsp3) is 0.217. The summed E-state index contributed by atoms with van der Waals surface area (Å²) < 4.78 is 21.3. The van der Waals surface area contributed by atoms with Crippen LogP contribution in [0.1, 0.15) is 19.4 Å². The Hall–Kier alpha value is -3.39. The van der Waals surface area contributed by atoms with Crippen molar-refractivity contribution in [1.82, 2.24) is 0 Å². The lowest BCUT2D eigenvalue weighted by molar-refractivity contribution is -0.138. The van der Waals surface area contributed by atoms with Gasteiger partial charge in [-0.2, -0.15) is 0 Å². The lowest BCUT2D eigenvalue weighted by Crippen LogP contribution is -2.12. The van der Waals surface area contributed by atoms with E-state index >= 15 is 0 Å². The summed E-state index contributed by atoms with van der Waals surface area (Å²) in [7, 11) is 0.